The molecule has 0 saturated carbocycles. The van der Waals surface area contributed by atoms with Gasteiger partial charge in [-0.1, -0.05) is 18.2 Å². The van der Waals surface area contributed by atoms with Gasteiger partial charge in [0.25, 0.3) is 0 Å². The van der Waals surface area contributed by atoms with E-state index < -0.39 is 9.84 Å². The summed E-state index contributed by atoms with van der Waals surface area (Å²) in [4.78, 5) is 16.8. The molecular formula is C23H33N5O2S. The molecule has 0 unspecified atom stereocenters. The number of piperidine rings is 1. The summed E-state index contributed by atoms with van der Waals surface area (Å²) >= 11 is 0. The van der Waals surface area contributed by atoms with Crippen molar-refractivity contribution in [2.75, 3.05) is 56.5 Å². The van der Waals surface area contributed by atoms with Crippen LogP contribution in [0.4, 0.5) is 5.95 Å². The molecule has 168 valence electrons. The van der Waals surface area contributed by atoms with E-state index in [1.54, 1.807) is 24.3 Å². The maximum absolute atomic E-state index is 12.5. The van der Waals surface area contributed by atoms with Crippen LogP contribution in [-0.4, -0.2) is 85.8 Å². The Labute approximate surface area is 186 Å². The normalized spacial score (nSPS) is 19.6. The number of aromatic nitrogens is 2. The first-order valence-corrected chi connectivity index (χ1v) is 12.9. The molecule has 0 bridgehead atoms. The number of aryl methyl sites for hydroxylation is 2. The van der Waals surface area contributed by atoms with Gasteiger partial charge in [-0.15, -0.1) is 0 Å². The zero-order valence-electron chi connectivity index (χ0n) is 18.6. The van der Waals surface area contributed by atoms with Gasteiger partial charge in [0, 0.05) is 63.2 Å². The number of sulfone groups is 1. The van der Waals surface area contributed by atoms with E-state index in [-0.39, 0.29) is 5.75 Å². The molecule has 3 heterocycles. The van der Waals surface area contributed by atoms with Gasteiger partial charge in [-0.2, -0.15) is 0 Å². The van der Waals surface area contributed by atoms with E-state index in [1.165, 1.54) is 0 Å². The average molecular weight is 444 g/mol. The summed E-state index contributed by atoms with van der Waals surface area (Å²) in [6.07, 6.45) is 2.25. The van der Waals surface area contributed by atoms with Crippen molar-refractivity contribution in [3.8, 4) is 0 Å². The number of nitrogens with zero attached hydrogens (tertiary/aromatic N) is 5. The quantitative estimate of drug-likeness (QED) is 0.678. The van der Waals surface area contributed by atoms with Gasteiger partial charge in [0.1, 0.15) is 0 Å². The summed E-state index contributed by atoms with van der Waals surface area (Å²) in [5.41, 5.74) is 2.05. The number of hydrogen-bond donors (Lipinski definition) is 0. The fraction of sp³-hybridized carbons (Fsp3) is 0.565. The average Bonchev–Trinajstić information content (AvgIpc) is 2.78. The lowest BCUT2D eigenvalue weighted by atomic mass is 10.0. The molecule has 7 nitrogen and oxygen atoms in total. The van der Waals surface area contributed by atoms with Crippen molar-refractivity contribution in [3.63, 3.8) is 0 Å². The van der Waals surface area contributed by atoms with Crippen LogP contribution in [0.25, 0.3) is 0 Å². The molecule has 2 aliphatic heterocycles. The molecule has 1 aromatic carbocycles. The Hall–Kier alpha value is -2.03. The first-order chi connectivity index (χ1) is 14.9. The number of benzene rings is 1. The second-order valence-electron chi connectivity index (χ2n) is 8.68. The summed E-state index contributed by atoms with van der Waals surface area (Å²) in [7, 11) is -3.21. The predicted molar refractivity (Wildman–Crippen MR) is 123 cm³/mol. The van der Waals surface area contributed by atoms with E-state index in [0.29, 0.717) is 17.5 Å². The fourth-order valence-corrected chi connectivity index (χ4v) is 5.93. The lowest BCUT2D eigenvalue weighted by Gasteiger charge is -2.42. The molecule has 2 fully saturated rings. The summed E-state index contributed by atoms with van der Waals surface area (Å²) in [5.74, 6) is 1.05. The van der Waals surface area contributed by atoms with Gasteiger partial charge in [-0.3, -0.25) is 9.80 Å². The van der Waals surface area contributed by atoms with Gasteiger partial charge in [0.2, 0.25) is 5.95 Å². The first-order valence-electron chi connectivity index (χ1n) is 11.2. The second kappa shape index (κ2) is 9.63. The Morgan fingerprint density at radius 1 is 0.903 bits per heavy atom. The van der Waals surface area contributed by atoms with E-state index in [2.05, 4.69) is 24.7 Å². The zero-order valence-corrected chi connectivity index (χ0v) is 19.4. The van der Waals surface area contributed by atoms with E-state index in [0.717, 1.165) is 69.4 Å². The van der Waals surface area contributed by atoms with Gasteiger partial charge < -0.3 is 4.90 Å². The Morgan fingerprint density at radius 3 is 2.13 bits per heavy atom. The van der Waals surface area contributed by atoms with Crippen LogP contribution < -0.4 is 4.90 Å². The van der Waals surface area contributed by atoms with Gasteiger partial charge in [-0.05, 0) is 44.9 Å². The number of anilines is 1. The van der Waals surface area contributed by atoms with Gasteiger partial charge in [0.05, 0.1) is 10.6 Å². The number of rotatable bonds is 6. The van der Waals surface area contributed by atoms with Crippen molar-refractivity contribution in [2.24, 2.45) is 0 Å². The Bertz CT molecular complexity index is 946. The first kappa shape index (κ1) is 22.2. The van der Waals surface area contributed by atoms with Crippen LogP contribution in [0.15, 0.2) is 41.3 Å². The molecule has 1 aromatic heterocycles. The lowest BCUT2D eigenvalue weighted by molar-refractivity contribution is 0.0880. The Kier molecular flexibility index (Phi) is 6.89. The third kappa shape index (κ3) is 5.61. The molecule has 0 amide bonds. The summed E-state index contributed by atoms with van der Waals surface area (Å²) in [6, 6.07) is 11.4. The molecule has 8 heteroatoms. The summed E-state index contributed by atoms with van der Waals surface area (Å²) in [5, 5.41) is 0. The van der Waals surface area contributed by atoms with Crippen molar-refractivity contribution in [3.05, 3.63) is 47.8 Å². The minimum Gasteiger partial charge on any atom is -0.341 e. The number of hydrogen-bond acceptors (Lipinski definition) is 7. The van der Waals surface area contributed by atoms with Crippen molar-refractivity contribution < 1.29 is 8.42 Å². The topological polar surface area (TPSA) is 69.6 Å². The van der Waals surface area contributed by atoms with Crippen molar-refractivity contribution in [1.29, 1.82) is 0 Å². The van der Waals surface area contributed by atoms with Crippen LogP contribution in [0.3, 0.4) is 0 Å². The minimum atomic E-state index is -3.21. The molecule has 31 heavy (non-hydrogen) atoms. The standard InChI is InChI=1S/C23H33N5O2S/c1-19-18-20(2)25-23(24-19)28-10-8-21(9-11-28)27-14-12-26(13-15-27)16-17-31(29,30)22-6-4-3-5-7-22/h3-7,18,21H,8-17H2,1-2H3. The molecule has 4 rings (SSSR count). The molecule has 0 atom stereocenters. The maximum Gasteiger partial charge on any atom is 0.225 e. The fourth-order valence-electron chi connectivity index (χ4n) is 4.63. The van der Waals surface area contributed by atoms with Gasteiger partial charge in [0.15, 0.2) is 9.84 Å². The molecule has 0 radical (unpaired) electrons. The molecule has 0 aliphatic carbocycles. The highest BCUT2D eigenvalue weighted by atomic mass is 32.2. The zero-order chi connectivity index (χ0) is 21.8. The van der Waals surface area contributed by atoms with Crippen LogP contribution in [0.1, 0.15) is 24.2 Å². The molecule has 0 spiro atoms. The van der Waals surface area contributed by atoms with Gasteiger partial charge in [-0.25, -0.2) is 18.4 Å². The molecular weight excluding hydrogens is 410 g/mol. The predicted octanol–water partition coefficient (Wildman–Crippen LogP) is 2.15. The Balaban J connectivity index is 1.23. The van der Waals surface area contributed by atoms with Gasteiger partial charge >= 0.3 is 0 Å². The second-order valence-corrected chi connectivity index (χ2v) is 10.8. The highest BCUT2D eigenvalue weighted by molar-refractivity contribution is 7.91. The van der Waals surface area contributed by atoms with E-state index in [4.69, 9.17) is 0 Å². The van der Waals surface area contributed by atoms with Crippen LogP contribution in [-0.2, 0) is 9.84 Å². The Morgan fingerprint density at radius 2 is 1.52 bits per heavy atom. The molecule has 2 saturated heterocycles. The number of piperazine rings is 1. The SMILES string of the molecule is Cc1cc(C)nc(N2CCC(N3CCN(CCS(=O)(=O)c4ccccc4)CC3)CC2)n1. The largest absolute Gasteiger partial charge is 0.341 e. The van der Waals surface area contributed by atoms with Crippen LogP contribution in [0, 0.1) is 13.8 Å². The molecule has 2 aliphatic rings. The van der Waals surface area contributed by atoms with Crippen molar-refractivity contribution >= 4 is 15.8 Å². The third-order valence-electron chi connectivity index (χ3n) is 6.42. The lowest BCUT2D eigenvalue weighted by Crippen LogP contribution is -2.53. The highest BCUT2D eigenvalue weighted by Crippen LogP contribution is 2.22. The molecule has 2 aromatic rings. The van der Waals surface area contributed by atoms with E-state index in [1.807, 2.05) is 26.0 Å². The summed E-state index contributed by atoms with van der Waals surface area (Å²) < 4.78 is 25.0. The van der Waals surface area contributed by atoms with Crippen LogP contribution >= 0.6 is 0 Å². The molecule has 0 N–H and O–H groups in total. The van der Waals surface area contributed by atoms with Crippen molar-refractivity contribution in [2.45, 2.75) is 37.6 Å². The maximum atomic E-state index is 12.5. The van der Waals surface area contributed by atoms with Crippen LogP contribution in [0.2, 0.25) is 0 Å². The minimum absolute atomic E-state index is 0.186. The third-order valence-corrected chi connectivity index (χ3v) is 8.13. The van der Waals surface area contributed by atoms with E-state index in [9.17, 15) is 8.42 Å². The monoisotopic (exact) mass is 443 g/mol. The summed E-state index contributed by atoms with van der Waals surface area (Å²) in [6.45, 7) is 10.5. The van der Waals surface area contributed by atoms with Crippen molar-refractivity contribution in [1.82, 2.24) is 19.8 Å². The smallest absolute Gasteiger partial charge is 0.225 e. The highest BCUT2D eigenvalue weighted by Gasteiger charge is 2.29. The van der Waals surface area contributed by atoms with E-state index >= 15 is 0 Å². The van der Waals surface area contributed by atoms with Crippen LogP contribution in [0.5, 0.6) is 0 Å².